The Balaban J connectivity index is 3.47. The number of allylic oxidation sites excluding steroid dienone is 2. The summed E-state index contributed by atoms with van der Waals surface area (Å²) >= 11 is 0. The van der Waals surface area contributed by atoms with Gasteiger partial charge in [-0.15, -0.1) is 0 Å². The first-order valence-corrected chi connectivity index (χ1v) is 4.00. The lowest BCUT2D eigenvalue weighted by Crippen LogP contribution is -2.05. The zero-order valence-electron chi connectivity index (χ0n) is 7.48. The van der Waals surface area contributed by atoms with Crippen molar-refractivity contribution in [3.05, 3.63) is 11.8 Å². The Kier molecular flexibility index (Phi) is 5.09. The molecule has 0 aliphatic heterocycles. The summed E-state index contributed by atoms with van der Waals surface area (Å²) in [6.45, 7) is 8.27. The van der Waals surface area contributed by atoms with Crippen molar-refractivity contribution in [3.8, 4) is 0 Å². The van der Waals surface area contributed by atoms with Gasteiger partial charge in [0.15, 0.2) is 0 Å². The van der Waals surface area contributed by atoms with Gasteiger partial charge >= 0.3 is 0 Å². The highest BCUT2D eigenvalue weighted by Crippen LogP contribution is 2.06. The highest BCUT2D eigenvalue weighted by molar-refractivity contribution is 4.85. The van der Waals surface area contributed by atoms with E-state index >= 15 is 0 Å². The van der Waals surface area contributed by atoms with Crippen LogP contribution in [0, 0.1) is 0 Å². The second-order valence-electron chi connectivity index (χ2n) is 2.62. The topological polar surface area (TPSA) is 9.23 Å². The first-order chi connectivity index (χ1) is 4.70. The molecule has 0 N–H and O–H groups in total. The highest BCUT2D eigenvalue weighted by atomic mass is 16.5. The van der Waals surface area contributed by atoms with E-state index in [0.717, 1.165) is 12.2 Å². The fraction of sp³-hybridized carbons (Fsp3) is 0.778. The van der Waals surface area contributed by atoms with Gasteiger partial charge in [0.1, 0.15) is 0 Å². The molecule has 0 rings (SSSR count). The molecule has 0 saturated heterocycles. The summed E-state index contributed by atoms with van der Waals surface area (Å²) in [5.74, 6) is 1.03. The molecule has 0 aliphatic rings. The van der Waals surface area contributed by atoms with Crippen molar-refractivity contribution >= 4 is 0 Å². The van der Waals surface area contributed by atoms with Crippen molar-refractivity contribution in [2.75, 3.05) is 0 Å². The van der Waals surface area contributed by atoms with E-state index < -0.39 is 0 Å². The van der Waals surface area contributed by atoms with Gasteiger partial charge in [-0.2, -0.15) is 0 Å². The van der Waals surface area contributed by atoms with E-state index in [1.165, 1.54) is 6.42 Å². The van der Waals surface area contributed by atoms with Crippen LogP contribution in [0.4, 0.5) is 0 Å². The van der Waals surface area contributed by atoms with Crippen LogP contribution in [0.15, 0.2) is 11.8 Å². The van der Waals surface area contributed by atoms with E-state index in [1.54, 1.807) is 0 Å². The maximum absolute atomic E-state index is 5.50. The van der Waals surface area contributed by atoms with E-state index in [1.807, 2.05) is 19.9 Å². The minimum atomic E-state index is 0.376. The van der Waals surface area contributed by atoms with Crippen LogP contribution in [0.5, 0.6) is 0 Å². The molecule has 0 amide bonds. The third kappa shape index (κ3) is 4.42. The smallest absolute Gasteiger partial charge is 0.0954 e. The molecule has 0 fully saturated rings. The van der Waals surface area contributed by atoms with Crippen molar-refractivity contribution < 1.29 is 4.74 Å². The van der Waals surface area contributed by atoms with E-state index in [9.17, 15) is 0 Å². The zero-order chi connectivity index (χ0) is 7.98. The van der Waals surface area contributed by atoms with Gasteiger partial charge in [0, 0.05) is 0 Å². The molecule has 0 aliphatic carbocycles. The summed E-state index contributed by atoms with van der Waals surface area (Å²) in [5.41, 5.74) is 0. The molecule has 0 saturated carbocycles. The van der Waals surface area contributed by atoms with Gasteiger partial charge < -0.3 is 4.74 Å². The SMILES string of the molecule is CC=C(C)OC(C)CCC. The van der Waals surface area contributed by atoms with E-state index in [0.29, 0.717) is 6.10 Å². The Hall–Kier alpha value is -0.460. The van der Waals surface area contributed by atoms with Crippen LogP contribution in [0.2, 0.25) is 0 Å². The third-order valence-corrected chi connectivity index (χ3v) is 1.49. The molecule has 0 spiro atoms. The molecule has 1 heteroatoms. The zero-order valence-corrected chi connectivity index (χ0v) is 7.48. The van der Waals surface area contributed by atoms with E-state index in [-0.39, 0.29) is 0 Å². The van der Waals surface area contributed by atoms with Crippen LogP contribution >= 0.6 is 0 Å². The third-order valence-electron chi connectivity index (χ3n) is 1.49. The first kappa shape index (κ1) is 9.54. The fourth-order valence-electron chi connectivity index (χ4n) is 0.851. The summed E-state index contributed by atoms with van der Waals surface area (Å²) in [5, 5.41) is 0. The minimum absolute atomic E-state index is 0.376. The van der Waals surface area contributed by atoms with Gasteiger partial charge in [-0.1, -0.05) is 13.3 Å². The Morgan fingerprint density at radius 1 is 1.60 bits per heavy atom. The largest absolute Gasteiger partial charge is 0.496 e. The van der Waals surface area contributed by atoms with E-state index in [2.05, 4.69) is 13.8 Å². The van der Waals surface area contributed by atoms with Gasteiger partial charge in [-0.25, -0.2) is 0 Å². The van der Waals surface area contributed by atoms with Crippen LogP contribution in [-0.2, 0) is 4.74 Å². The van der Waals surface area contributed by atoms with Gasteiger partial charge in [-0.05, 0) is 33.3 Å². The Morgan fingerprint density at radius 3 is 2.60 bits per heavy atom. The molecule has 0 aromatic carbocycles. The molecule has 1 atom stereocenters. The van der Waals surface area contributed by atoms with Crippen LogP contribution in [0.1, 0.15) is 40.5 Å². The molecule has 60 valence electrons. The lowest BCUT2D eigenvalue weighted by molar-refractivity contribution is 0.124. The highest BCUT2D eigenvalue weighted by Gasteiger charge is 1.99. The average molecular weight is 142 g/mol. The second-order valence-corrected chi connectivity index (χ2v) is 2.62. The Morgan fingerprint density at radius 2 is 2.20 bits per heavy atom. The van der Waals surface area contributed by atoms with Crippen molar-refractivity contribution in [2.24, 2.45) is 0 Å². The summed E-state index contributed by atoms with van der Waals surface area (Å²) in [6, 6.07) is 0. The number of hydrogen-bond acceptors (Lipinski definition) is 1. The fourth-order valence-corrected chi connectivity index (χ4v) is 0.851. The lowest BCUT2D eigenvalue weighted by atomic mass is 10.2. The van der Waals surface area contributed by atoms with Crippen molar-refractivity contribution in [1.29, 1.82) is 0 Å². The summed E-state index contributed by atoms with van der Waals surface area (Å²) in [7, 11) is 0. The summed E-state index contributed by atoms with van der Waals surface area (Å²) in [6.07, 6.45) is 4.70. The Labute approximate surface area is 64.1 Å². The lowest BCUT2D eigenvalue weighted by Gasteiger charge is -2.13. The van der Waals surface area contributed by atoms with Gasteiger partial charge in [0.25, 0.3) is 0 Å². The summed E-state index contributed by atoms with van der Waals surface area (Å²) in [4.78, 5) is 0. The molecular weight excluding hydrogens is 124 g/mol. The second kappa shape index (κ2) is 5.33. The number of rotatable bonds is 4. The molecule has 0 radical (unpaired) electrons. The molecular formula is C9H18O. The summed E-state index contributed by atoms with van der Waals surface area (Å²) < 4.78 is 5.50. The monoisotopic (exact) mass is 142 g/mol. The molecule has 0 aromatic rings. The van der Waals surface area contributed by atoms with E-state index in [4.69, 9.17) is 4.74 Å². The normalized spacial score (nSPS) is 15.0. The standard InChI is InChI=1S/C9H18O/c1-5-7-9(4)10-8(3)6-2/h6,9H,5,7H2,1-4H3. The predicted molar refractivity (Wildman–Crippen MR) is 44.9 cm³/mol. The molecule has 0 aromatic heterocycles. The van der Waals surface area contributed by atoms with Crippen molar-refractivity contribution in [3.63, 3.8) is 0 Å². The van der Waals surface area contributed by atoms with Crippen LogP contribution < -0.4 is 0 Å². The average Bonchev–Trinajstić information content (AvgIpc) is 1.88. The maximum Gasteiger partial charge on any atom is 0.0954 e. The van der Waals surface area contributed by atoms with Gasteiger partial charge in [-0.3, -0.25) is 0 Å². The number of hydrogen-bond donors (Lipinski definition) is 0. The predicted octanol–water partition coefficient (Wildman–Crippen LogP) is 3.12. The Bertz CT molecular complexity index is 105. The van der Waals surface area contributed by atoms with Crippen LogP contribution in [0.25, 0.3) is 0 Å². The van der Waals surface area contributed by atoms with Crippen LogP contribution in [0.3, 0.4) is 0 Å². The number of ether oxygens (including phenoxy) is 1. The first-order valence-electron chi connectivity index (χ1n) is 4.00. The van der Waals surface area contributed by atoms with Crippen LogP contribution in [-0.4, -0.2) is 6.10 Å². The van der Waals surface area contributed by atoms with Crippen molar-refractivity contribution in [2.45, 2.75) is 46.6 Å². The molecule has 1 nitrogen and oxygen atoms in total. The maximum atomic E-state index is 5.50. The van der Waals surface area contributed by atoms with Gasteiger partial charge in [0.2, 0.25) is 0 Å². The molecule has 0 heterocycles. The molecule has 10 heavy (non-hydrogen) atoms. The van der Waals surface area contributed by atoms with Crippen molar-refractivity contribution in [1.82, 2.24) is 0 Å². The minimum Gasteiger partial charge on any atom is -0.496 e. The molecule has 1 unspecified atom stereocenters. The quantitative estimate of drug-likeness (QED) is 0.548. The van der Waals surface area contributed by atoms with Gasteiger partial charge in [0.05, 0.1) is 11.9 Å². The molecule has 0 bridgehead atoms.